The zero-order chi connectivity index (χ0) is 18.2. The Bertz CT molecular complexity index is 707. The van der Waals surface area contributed by atoms with Crippen LogP contribution in [0.5, 0.6) is 0 Å². The Balaban J connectivity index is 2.28. The molecule has 2 heterocycles. The van der Waals surface area contributed by atoms with Crippen LogP contribution < -0.4 is 0 Å². The van der Waals surface area contributed by atoms with Crippen LogP contribution in [0.2, 0.25) is 0 Å². The number of hydrogen-bond acceptors (Lipinski definition) is 6. The molecule has 0 unspecified atom stereocenters. The topological polar surface area (TPSA) is 114 Å². The summed E-state index contributed by atoms with van der Waals surface area (Å²) in [6, 6.07) is 1.03. The molecule has 2 rings (SSSR count). The van der Waals surface area contributed by atoms with E-state index in [2.05, 4.69) is 10.2 Å². The highest BCUT2D eigenvalue weighted by Crippen LogP contribution is 2.33. The molecule has 1 aromatic rings. The Hall–Kier alpha value is -2.57. The average Bonchev–Trinajstić information content (AvgIpc) is 3.01. The number of aromatic nitrogens is 2. The highest BCUT2D eigenvalue weighted by Gasteiger charge is 2.53. The lowest BCUT2D eigenvalue weighted by atomic mass is 10.1. The molecule has 0 saturated heterocycles. The van der Waals surface area contributed by atoms with E-state index in [-0.39, 0.29) is 10.7 Å². The van der Waals surface area contributed by atoms with Crippen LogP contribution in [0.25, 0.3) is 0 Å². The predicted octanol–water partition coefficient (Wildman–Crippen LogP) is 0.907. The van der Waals surface area contributed by atoms with Crippen LogP contribution in [-0.4, -0.2) is 55.0 Å². The third-order valence-corrected chi connectivity index (χ3v) is 3.31. The molecule has 132 valence electrons. The second-order valence-corrected chi connectivity index (χ2v) is 5.01. The molecule has 0 aliphatic carbocycles. The molecule has 13 heteroatoms. The van der Waals surface area contributed by atoms with Gasteiger partial charge in [0.05, 0.1) is 16.9 Å². The number of halogens is 4. The van der Waals surface area contributed by atoms with E-state index in [1.807, 2.05) is 0 Å². The standard InChI is InChI=1S/C11H11F4N5O4/c1-5-2-7(20(23)24)17-18(5)4-8(21)19-11(22,10(14)15)3-6(16-19)9(12)13/h2,9-10,22H,3-4H2,1H3/t11-/m1/s1. The van der Waals surface area contributed by atoms with Crippen molar-refractivity contribution >= 4 is 17.4 Å². The van der Waals surface area contributed by atoms with Gasteiger partial charge < -0.3 is 15.2 Å². The van der Waals surface area contributed by atoms with E-state index in [9.17, 15) is 37.6 Å². The van der Waals surface area contributed by atoms with E-state index in [0.29, 0.717) is 0 Å². The van der Waals surface area contributed by atoms with Crippen LogP contribution in [0, 0.1) is 17.0 Å². The molecule has 1 aliphatic heterocycles. The van der Waals surface area contributed by atoms with Crippen LogP contribution >= 0.6 is 0 Å². The minimum Gasteiger partial charge on any atom is -0.364 e. The van der Waals surface area contributed by atoms with Crippen LogP contribution in [0.3, 0.4) is 0 Å². The zero-order valence-corrected chi connectivity index (χ0v) is 12.1. The number of carbonyl (C=O) groups excluding carboxylic acids is 1. The van der Waals surface area contributed by atoms with Gasteiger partial charge in [-0.15, -0.1) is 0 Å². The molecule has 0 aromatic carbocycles. The van der Waals surface area contributed by atoms with Crippen molar-refractivity contribution in [1.29, 1.82) is 0 Å². The highest BCUT2D eigenvalue weighted by atomic mass is 19.3. The van der Waals surface area contributed by atoms with E-state index in [1.165, 1.54) is 6.92 Å². The third-order valence-electron chi connectivity index (χ3n) is 3.31. The van der Waals surface area contributed by atoms with Crippen molar-refractivity contribution in [2.75, 3.05) is 0 Å². The number of carbonyl (C=O) groups is 1. The number of alkyl halides is 4. The smallest absolute Gasteiger partial charge is 0.364 e. The van der Waals surface area contributed by atoms with Crippen LogP contribution in [0.1, 0.15) is 12.1 Å². The SMILES string of the molecule is Cc1cc([N+](=O)[O-])nn1CC(=O)N1N=C(C(F)F)C[C@@]1(O)C(F)F. The minimum absolute atomic E-state index is 0.119. The number of amides is 1. The van der Waals surface area contributed by atoms with Gasteiger partial charge in [0, 0.05) is 6.42 Å². The first kappa shape index (κ1) is 17.8. The lowest BCUT2D eigenvalue weighted by Gasteiger charge is -2.29. The Morgan fingerprint density at radius 1 is 1.50 bits per heavy atom. The predicted molar refractivity (Wildman–Crippen MR) is 69.5 cm³/mol. The van der Waals surface area contributed by atoms with E-state index >= 15 is 0 Å². The number of hydrazone groups is 1. The minimum atomic E-state index is -3.55. The molecule has 24 heavy (non-hydrogen) atoms. The fourth-order valence-corrected chi connectivity index (χ4v) is 2.09. The molecule has 0 saturated carbocycles. The van der Waals surface area contributed by atoms with Gasteiger partial charge in [0.2, 0.25) is 5.72 Å². The lowest BCUT2D eigenvalue weighted by Crippen LogP contribution is -2.52. The summed E-state index contributed by atoms with van der Waals surface area (Å²) in [7, 11) is 0. The number of aryl methyl sites for hydroxylation is 1. The molecule has 0 bridgehead atoms. The van der Waals surface area contributed by atoms with E-state index in [1.54, 1.807) is 0 Å². The Labute approximate surface area is 131 Å². The van der Waals surface area contributed by atoms with Crippen molar-refractivity contribution < 1.29 is 32.4 Å². The molecule has 1 N–H and O–H groups in total. The molecule has 1 aromatic heterocycles. The summed E-state index contributed by atoms with van der Waals surface area (Å²) in [6.07, 6.45) is -7.97. The second-order valence-electron chi connectivity index (χ2n) is 5.01. The van der Waals surface area contributed by atoms with Crippen LogP contribution in [0.4, 0.5) is 23.4 Å². The number of hydrogen-bond donors (Lipinski definition) is 1. The van der Waals surface area contributed by atoms with Gasteiger partial charge in [-0.2, -0.15) is 14.8 Å². The van der Waals surface area contributed by atoms with Gasteiger partial charge in [-0.1, -0.05) is 0 Å². The van der Waals surface area contributed by atoms with Crippen molar-refractivity contribution in [3.05, 3.63) is 21.9 Å². The fraction of sp³-hybridized carbons (Fsp3) is 0.545. The van der Waals surface area contributed by atoms with Gasteiger partial charge in [0.25, 0.3) is 18.8 Å². The number of rotatable bonds is 5. The summed E-state index contributed by atoms with van der Waals surface area (Å²) in [4.78, 5) is 21.9. The van der Waals surface area contributed by atoms with E-state index in [0.717, 1.165) is 10.7 Å². The largest absolute Gasteiger partial charge is 0.390 e. The van der Waals surface area contributed by atoms with E-state index in [4.69, 9.17) is 0 Å². The number of nitro groups is 1. The maximum Gasteiger partial charge on any atom is 0.390 e. The Morgan fingerprint density at radius 2 is 2.12 bits per heavy atom. The summed E-state index contributed by atoms with van der Waals surface area (Å²) in [5.41, 5.74) is -4.10. The molecule has 1 aliphatic rings. The third kappa shape index (κ3) is 3.06. The highest BCUT2D eigenvalue weighted by molar-refractivity contribution is 5.92. The summed E-state index contributed by atoms with van der Waals surface area (Å²) in [6.45, 7) is 0.569. The van der Waals surface area contributed by atoms with Crippen molar-refractivity contribution in [1.82, 2.24) is 14.8 Å². The van der Waals surface area contributed by atoms with Crippen molar-refractivity contribution in [2.24, 2.45) is 5.10 Å². The molecule has 0 spiro atoms. The first-order valence-electron chi connectivity index (χ1n) is 6.44. The fourth-order valence-electron chi connectivity index (χ4n) is 2.09. The zero-order valence-electron chi connectivity index (χ0n) is 12.1. The first-order chi connectivity index (χ1) is 11.1. The molecule has 0 fully saturated rings. The van der Waals surface area contributed by atoms with Gasteiger partial charge in [-0.05, 0) is 11.8 Å². The molecule has 9 nitrogen and oxygen atoms in total. The van der Waals surface area contributed by atoms with Gasteiger partial charge in [0.1, 0.15) is 12.3 Å². The monoisotopic (exact) mass is 353 g/mol. The Kier molecular flexibility index (Phi) is 4.55. The van der Waals surface area contributed by atoms with Gasteiger partial charge in [-0.3, -0.25) is 4.79 Å². The molecular formula is C11H11F4N5O4. The van der Waals surface area contributed by atoms with E-state index < -0.39 is 53.9 Å². The van der Waals surface area contributed by atoms with Crippen molar-refractivity contribution in [3.8, 4) is 0 Å². The molecule has 1 atom stereocenters. The maximum atomic E-state index is 13.0. The second kappa shape index (κ2) is 6.14. The first-order valence-corrected chi connectivity index (χ1v) is 6.44. The van der Waals surface area contributed by atoms with Gasteiger partial charge >= 0.3 is 5.82 Å². The summed E-state index contributed by atoms with van der Waals surface area (Å²) in [5.74, 6) is -1.85. The van der Waals surface area contributed by atoms with Crippen molar-refractivity contribution in [3.63, 3.8) is 0 Å². The Morgan fingerprint density at radius 3 is 2.58 bits per heavy atom. The quantitative estimate of drug-likeness (QED) is 0.480. The van der Waals surface area contributed by atoms with Gasteiger partial charge in [-0.25, -0.2) is 17.6 Å². The molecule has 0 radical (unpaired) electrons. The lowest BCUT2D eigenvalue weighted by molar-refractivity contribution is -0.389. The molecule has 1 amide bonds. The number of aliphatic hydroxyl groups is 1. The van der Waals surface area contributed by atoms with Gasteiger partial charge in [0.15, 0.2) is 0 Å². The normalized spacial score (nSPS) is 20.8. The summed E-state index contributed by atoms with van der Waals surface area (Å²) < 4.78 is 52.2. The van der Waals surface area contributed by atoms with Crippen molar-refractivity contribution in [2.45, 2.75) is 38.5 Å². The summed E-state index contributed by atoms with van der Waals surface area (Å²) >= 11 is 0. The number of nitrogens with zero attached hydrogens (tertiary/aromatic N) is 5. The average molecular weight is 353 g/mol. The van der Waals surface area contributed by atoms with Crippen LogP contribution in [0.15, 0.2) is 11.2 Å². The molecular weight excluding hydrogens is 342 g/mol. The van der Waals surface area contributed by atoms with Crippen LogP contribution in [-0.2, 0) is 11.3 Å². The summed E-state index contributed by atoms with van der Waals surface area (Å²) in [5, 5.41) is 26.9. The maximum absolute atomic E-state index is 13.0.